The van der Waals surface area contributed by atoms with Gasteiger partial charge in [-0.3, -0.25) is 9.69 Å². The van der Waals surface area contributed by atoms with Crippen LogP contribution in [0.3, 0.4) is 0 Å². The quantitative estimate of drug-likeness (QED) is 0.409. The number of amides is 1. The van der Waals surface area contributed by atoms with Crippen molar-refractivity contribution in [2.24, 2.45) is 0 Å². The number of hydrogen-bond donors (Lipinski definition) is 2. The lowest BCUT2D eigenvalue weighted by molar-refractivity contribution is -0.141. The molecule has 1 aliphatic heterocycles. The first-order valence-corrected chi connectivity index (χ1v) is 11.5. The Labute approximate surface area is 204 Å². The Morgan fingerprint density at radius 1 is 1.03 bits per heavy atom. The highest BCUT2D eigenvalue weighted by molar-refractivity contribution is 5.92. The minimum atomic E-state index is -4.58. The van der Waals surface area contributed by atoms with Gasteiger partial charge in [-0.25, -0.2) is 19.5 Å². The summed E-state index contributed by atoms with van der Waals surface area (Å²) in [5.41, 5.74) is 0.162. The van der Waals surface area contributed by atoms with Crippen LogP contribution in [-0.2, 0) is 11.0 Å². The molecule has 36 heavy (non-hydrogen) atoms. The van der Waals surface area contributed by atoms with Crippen molar-refractivity contribution in [1.29, 1.82) is 0 Å². The van der Waals surface area contributed by atoms with Gasteiger partial charge >= 0.3 is 6.18 Å². The first-order chi connectivity index (χ1) is 17.3. The Hall–Kier alpha value is -4.06. The monoisotopic (exact) mass is 496 g/mol. The van der Waals surface area contributed by atoms with E-state index in [4.69, 9.17) is 0 Å². The molecule has 0 spiro atoms. The number of carbonyl (C=O) groups is 1. The molecule has 0 aromatic carbocycles. The molecule has 0 unspecified atom stereocenters. The van der Waals surface area contributed by atoms with Gasteiger partial charge in [0.05, 0.1) is 6.54 Å². The minimum Gasteiger partial charge on any atom is -0.338 e. The standard InChI is InChI=1S/C24H23F3N8O/c25-24(26,27)19-8-4-6-17(30-19)22-32-23(18-7-5-13-35(18)33-22)29-16-9-10-28-20(14-16)31-21(36)15-34-11-2-1-3-12-34/h4-10,13-14H,1-3,11-12,15H2,(H2,28,29,31,32,33,36). The van der Waals surface area contributed by atoms with E-state index in [1.54, 1.807) is 36.7 Å². The van der Waals surface area contributed by atoms with E-state index < -0.39 is 11.9 Å². The topological polar surface area (TPSA) is 100 Å². The molecule has 1 aliphatic rings. The van der Waals surface area contributed by atoms with Crippen molar-refractivity contribution in [2.75, 3.05) is 30.3 Å². The molecule has 5 heterocycles. The first-order valence-electron chi connectivity index (χ1n) is 11.5. The highest BCUT2D eigenvalue weighted by Crippen LogP contribution is 2.29. The summed E-state index contributed by atoms with van der Waals surface area (Å²) in [6.45, 7) is 2.13. The van der Waals surface area contributed by atoms with Crippen LogP contribution < -0.4 is 10.6 Å². The number of anilines is 3. The van der Waals surface area contributed by atoms with Gasteiger partial charge in [0.2, 0.25) is 11.7 Å². The van der Waals surface area contributed by atoms with Crippen molar-refractivity contribution in [3.63, 3.8) is 0 Å². The second kappa shape index (κ2) is 9.90. The number of aromatic nitrogens is 5. The van der Waals surface area contributed by atoms with Gasteiger partial charge < -0.3 is 10.6 Å². The van der Waals surface area contributed by atoms with E-state index in [0.717, 1.165) is 32.0 Å². The van der Waals surface area contributed by atoms with Crippen molar-refractivity contribution in [3.8, 4) is 11.5 Å². The summed E-state index contributed by atoms with van der Waals surface area (Å²) < 4.78 is 41.0. The molecule has 0 aliphatic carbocycles. The molecule has 0 saturated carbocycles. The Kier molecular flexibility index (Phi) is 6.51. The molecule has 1 fully saturated rings. The van der Waals surface area contributed by atoms with E-state index in [9.17, 15) is 18.0 Å². The van der Waals surface area contributed by atoms with Crippen LogP contribution >= 0.6 is 0 Å². The van der Waals surface area contributed by atoms with Gasteiger partial charge in [0.1, 0.15) is 22.7 Å². The molecule has 12 heteroatoms. The summed E-state index contributed by atoms with van der Waals surface area (Å²) in [7, 11) is 0. The predicted octanol–water partition coefficient (Wildman–Crippen LogP) is 4.37. The molecule has 0 bridgehead atoms. The molecule has 1 saturated heterocycles. The smallest absolute Gasteiger partial charge is 0.338 e. The summed E-state index contributed by atoms with van der Waals surface area (Å²) in [6.07, 6.45) is 2.01. The fourth-order valence-electron chi connectivity index (χ4n) is 4.07. The molecule has 0 atom stereocenters. The number of pyridine rings is 2. The Morgan fingerprint density at radius 3 is 2.67 bits per heavy atom. The predicted molar refractivity (Wildman–Crippen MR) is 128 cm³/mol. The number of rotatable bonds is 6. The van der Waals surface area contributed by atoms with Crippen molar-refractivity contribution >= 4 is 28.7 Å². The van der Waals surface area contributed by atoms with Crippen molar-refractivity contribution in [1.82, 2.24) is 29.5 Å². The van der Waals surface area contributed by atoms with Crippen molar-refractivity contribution < 1.29 is 18.0 Å². The fourth-order valence-corrected chi connectivity index (χ4v) is 4.07. The molecule has 5 rings (SSSR count). The largest absolute Gasteiger partial charge is 0.433 e. The maximum absolute atomic E-state index is 13.2. The van der Waals surface area contributed by atoms with Crippen molar-refractivity contribution in [2.45, 2.75) is 25.4 Å². The van der Waals surface area contributed by atoms with E-state index >= 15 is 0 Å². The zero-order chi connectivity index (χ0) is 25.1. The van der Waals surface area contributed by atoms with Crippen LogP contribution in [0.1, 0.15) is 25.0 Å². The van der Waals surface area contributed by atoms with E-state index in [0.29, 0.717) is 29.4 Å². The highest BCUT2D eigenvalue weighted by Gasteiger charge is 2.32. The first kappa shape index (κ1) is 23.7. The van der Waals surface area contributed by atoms with Gasteiger partial charge in [0, 0.05) is 24.1 Å². The molecule has 186 valence electrons. The number of alkyl halides is 3. The van der Waals surface area contributed by atoms with Gasteiger partial charge in [-0.2, -0.15) is 13.2 Å². The van der Waals surface area contributed by atoms with Crippen LogP contribution in [0.2, 0.25) is 0 Å². The van der Waals surface area contributed by atoms with E-state index in [-0.39, 0.29) is 17.4 Å². The normalized spacial score (nSPS) is 14.6. The molecule has 4 aromatic heterocycles. The van der Waals surface area contributed by atoms with Crippen LogP contribution in [0, 0.1) is 0 Å². The van der Waals surface area contributed by atoms with Gasteiger partial charge in [0.15, 0.2) is 5.82 Å². The summed E-state index contributed by atoms with van der Waals surface area (Å²) in [6, 6.07) is 10.5. The molecular weight excluding hydrogens is 473 g/mol. The maximum Gasteiger partial charge on any atom is 0.433 e. The molecule has 2 N–H and O–H groups in total. The lowest BCUT2D eigenvalue weighted by Gasteiger charge is -2.25. The van der Waals surface area contributed by atoms with E-state index in [2.05, 4.69) is 35.6 Å². The molecular formula is C24H23F3N8O. The number of halogens is 3. The third kappa shape index (κ3) is 5.43. The highest BCUT2D eigenvalue weighted by atomic mass is 19.4. The van der Waals surface area contributed by atoms with E-state index in [1.807, 2.05) is 0 Å². The van der Waals surface area contributed by atoms with Crippen LogP contribution in [0.4, 0.5) is 30.5 Å². The van der Waals surface area contributed by atoms with E-state index in [1.165, 1.54) is 23.1 Å². The molecule has 4 aromatic rings. The lowest BCUT2D eigenvalue weighted by Crippen LogP contribution is -2.36. The van der Waals surface area contributed by atoms with Crippen LogP contribution in [0.5, 0.6) is 0 Å². The molecule has 1 amide bonds. The summed E-state index contributed by atoms with van der Waals surface area (Å²) >= 11 is 0. The SMILES string of the molecule is O=C(CN1CCCCC1)Nc1cc(Nc2nc(-c3cccc(C(F)(F)F)n3)nn3cccc23)ccn1. The molecule has 0 radical (unpaired) electrons. The number of hydrogen-bond acceptors (Lipinski definition) is 7. The second-order valence-electron chi connectivity index (χ2n) is 8.47. The van der Waals surface area contributed by atoms with Crippen LogP contribution in [-0.4, -0.2) is 55.0 Å². The number of nitrogens with zero attached hydrogens (tertiary/aromatic N) is 6. The van der Waals surface area contributed by atoms with Crippen molar-refractivity contribution in [3.05, 3.63) is 60.6 Å². The lowest BCUT2D eigenvalue weighted by atomic mass is 10.1. The van der Waals surface area contributed by atoms with Gasteiger partial charge in [-0.05, 0) is 56.3 Å². The average Bonchev–Trinajstić information content (AvgIpc) is 3.34. The Bertz CT molecular complexity index is 1380. The Balaban J connectivity index is 1.38. The average molecular weight is 496 g/mol. The number of likely N-dealkylation sites (tertiary alicyclic amines) is 1. The van der Waals surface area contributed by atoms with Gasteiger partial charge in [-0.15, -0.1) is 5.10 Å². The number of nitrogens with one attached hydrogen (secondary N) is 2. The number of piperidine rings is 1. The fraction of sp³-hybridized carbons (Fsp3) is 0.292. The summed E-state index contributed by atoms with van der Waals surface area (Å²) in [5.74, 6) is 0.620. The summed E-state index contributed by atoms with van der Waals surface area (Å²) in [5, 5.41) is 10.3. The summed E-state index contributed by atoms with van der Waals surface area (Å²) in [4.78, 5) is 26.9. The maximum atomic E-state index is 13.2. The second-order valence-corrected chi connectivity index (χ2v) is 8.47. The minimum absolute atomic E-state index is 0.0103. The molecule has 9 nitrogen and oxygen atoms in total. The third-order valence-electron chi connectivity index (χ3n) is 5.77. The van der Waals surface area contributed by atoms with Crippen LogP contribution in [0.25, 0.3) is 17.0 Å². The van der Waals surface area contributed by atoms with Gasteiger partial charge in [0.25, 0.3) is 0 Å². The zero-order valence-electron chi connectivity index (χ0n) is 19.2. The number of carbonyl (C=O) groups excluding carboxylic acids is 1. The number of fused-ring (bicyclic) bond motifs is 1. The van der Waals surface area contributed by atoms with Gasteiger partial charge in [-0.1, -0.05) is 12.5 Å². The van der Waals surface area contributed by atoms with Crippen LogP contribution in [0.15, 0.2) is 54.9 Å². The zero-order valence-corrected chi connectivity index (χ0v) is 19.2. The third-order valence-corrected chi connectivity index (χ3v) is 5.77. The Morgan fingerprint density at radius 2 is 1.86 bits per heavy atom.